The average Bonchev–Trinajstić information content (AvgIpc) is 3.29. The second-order valence-electron chi connectivity index (χ2n) is 6.43. The van der Waals surface area contributed by atoms with Gasteiger partial charge in [-0.15, -0.1) is 0 Å². The van der Waals surface area contributed by atoms with Crippen molar-refractivity contribution in [2.75, 3.05) is 0 Å². The molecule has 0 saturated heterocycles. The van der Waals surface area contributed by atoms with Gasteiger partial charge in [0.25, 0.3) is 5.65 Å². The van der Waals surface area contributed by atoms with Crippen LogP contribution in [0.4, 0.5) is 0 Å². The van der Waals surface area contributed by atoms with Crippen LogP contribution in [0.2, 0.25) is 0 Å². The monoisotopic (exact) mass is 323 g/mol. The van der Waals surface area contributed by atoms with E-state index in [1.165, 1.54) is 33.8 Å². The van der Waals surface area contributed by atoms with E-state index in [0.29, 0.717) is 0 Å². The molecule has 118 valence electrons. The van der Waals surface area contributed by atoms with E-state index in [1.807, 2.05) is 12.3 Å². The van der Waals surface area contributed by atoms with E-state index in [2.05, 4.69) is 85.4 Å². The molecule has 0 N–H and O–H groups in total. The SMILES string of the molecule is c1ccc(-n2c3[n+](c4c2cc2ccccn24)Cc2ncccc2-3)cc1. The molecular formula is C21H15N4+. The number of hydrogen-bond acceptors (Lipinski definition) is 1. The highest BCUT2D eigenvalue weighted by Gasteiger charge is 2.35. The van der Waals surface area contributed by atoms with Gasteiger partial charge in [0, 0.05) is 12.3 Å². The molecule has 25 heavy (non-hydrogen) atoms. The summed E-state index contributed by atoms with van der Waals surface area (Å²) in [7, 11) is 0. The first kappa shape index (κ1) is 13.0. The molecule has 0 aliphatic carbocycles. The molecule has 0 amide bonds. The maximum absolute atomic E-state index is 4.61. The summed E-state index contributed by atoms with van der Waals surface area (Å²) in [5.41, 5.74) is 7.17. The van der Waals surface area contributed by atoms with Crippen molar-refractivity contribution in [3.8, 4) is 17.1 Å². The first-order valence-electron chi connectivity index (χ1n) is 8.46. The van der Waals surface area contributed by atoms with Gasteiger partial charge in [0.1, 0.15) is 17.7 Å². The number of hydrogen-bond donors (Lipinski definition) is 0. The lowest BCUT2D eigenvalue weighted by molar-refractivity contribution is -0.648. The predicted octanol–water partition coefficient (Wildman–Crippen LogP) is 3.59. The lowest BCUT2D eigenvalue weighted by Gasteiger charge is -2.03. The number of pyridine rings is 2. The molecule has 0 saturated carbocycles. The smallest absolute Gasteiger partial charge is 0.257 e. The number of benzene rings is 1. The molecule has 4 nitrogen and oxygen atoms in total. The lowest BCUT2D eigenvalue weighted by atomic mass is 10.2. The minimum atomic E-state index is 0.808. The Hall–Kier alpha value is -3.40. The van der Waals surface area contributed by atoms with Gasteiger partial charge in [0.05, 0.1) is 17.5 Å². The Bertz CT molecular complexity index is 1260. The summed E-state index contributed by atoms with van der Waals surface area (Å²) in [6, 6.07) is 23.4. The van der Waals surface area contributed by atoms with Crippen LogP contribution in [-0.4, -0.2) is 14.0 Å². The van der Waals surface area contributed by atoms with Crippen LogP contribution in [0, 0.1) is 0 Å². The minimum Gasteiger partial charge on any atom is -0.257 e. The van der Waals surface area contributed by atoms with Crippen LogP contribution >= 0.6 is 0 Å². The van der Waals surface area contributed by atoms with Crippen LogP contribution in [0.3, 0.4) is 0 Å². The molecule has 4 aromatic heterocycles. The first-order valence-corrected chi connectivity index (χ1v) is 8.46. The van der Waals surface area contributed by atoms with E-state index < -0.39 is 0 Å². The summed E-state index contributed by atoms with van der Waals surface area (Å²) < 4.78 is 7.01. The van der Waals surface area contributed by atoms with E-state index >= 15 is 0 Å². The zero-order valence-corrected chi connectivity index (χ0v) is 13.5. The van der Waals surface area contributed by atoms with Crippen LogP contribution in [0.15, 0.2) is 79.1 Å². The molecule has 4 heteroatoms. The third-order valence-electron chi connectivity index (χ3n) is 5.05. The van der Waals surface area contributed by atoms with Gasteiger partial charge < -0.3 is 0 Å². The van der Waals surface area contributed by atoms with Gasteiger partial charge >= 0.3 is 0 Å². The zero-order valence-electron chi connectivity index (χ0n) is 13.5. The third kappa shape index (κ3) is 1.61. The van der Waals surface area contributed by atoms with Crippen LogP contribution in [-0.2, 0) is 6.54 Å². The van der Waals surface area contributed by atoms with E-state index in [4.69, 9.17) is 0 Å². The average molecular weight is 323 g/mol. The molecule has 1 aromatic carbocycles. The third-order valence-corrected chi connectivity index (χ3v) is 5.05. The van der Waals surface area contributed by atoms with Crippen LogP contribution in [0.5, 0.6) is 0 Å². The summed E-state index contributed by atoms with van der Waals surface area (Å²) in [6.45, 7) is 0.808. The quantitative estimate of drug-likeness (QED) is 0.425. The Kier molecular flexibility index (Phi) is 2.37. The summed E-state index contributed by atoms with van der Waals surface area (Å²) in [5, 5.41) is 0. The van der Waals surface area contributed by atoms with Gasteiger partial charge in [0.15, 0.2) is 5.52 Å². The molecule has 0 fully saturated rings. The second-order valence-corrected chi connectivity index (χ2v) is 6.43. The van der Waals surface area contributed by atoms with E-state index in [9.17, 15) is 0 Å². The maximum atomic E-state index is 4.61. The van der Waals surface area contributed by atoms with Crippen molar-refractivity contribution in [3.05, 3.63) is 84.8 Å². The topological polar surface area (TPSA) is 26.1 Å². The number of para-hydroxylation sites is 1. The number of nitrogens with zero attached hydrogens (tertiary/aromatic N) is 4. The number of aromatic nitrogens is 4. The van der Waals surface area contributed by atoms with Gasteiger partial charge in [-0.2, -0.15) is 0 Å². The van der Waals surface area contributed by atoms with Crippen molar-refractivity contribution < 1.29 is 4.57 Å². The fourth-order valence-corrected chi connectivity index (χ4v) is 4.03. The van der Waals surface area contributed by atoms with Crippen molar-refractivity contribution in [1.29, 1.82) is 0 Å². The molecule has 6 rings (SSSR count). The van der Waals surface area contributed by atoms with Gasteiger partial charge in [-0.05, 0) is 36.4 Å². The van der Waals surface area contributed by atoms with E-state index in [-0.39, 0.29) is 0 Å². The molecule has 1 aliphatic rings. The predicted molar refractivity (Wildman–Crippen MR) is 96.8 cm³/mol. The number of imidazole rings is 1. The second kappa shape index (κ2) is 4.57. The van der Waals surface area contributed by atoms with Crippen LogP contribution in [0.1, 0.15) is 5.69 Å². The molecule has 5 heterocycles. The maximum Gasteiger partial charge on any atom is 0.274 e. The fraction of sp³-hybridized carbons (Fsp3) is 0.0476. The summed E-state index contributed by atoms with van der Waals surface area (Å²) >= 11 is 0. The van der Waals surface area contributed by atoms with Crippen molar-refractivity contribution in [3.63, 3.8) is 0 Å². The number of fused-ring (bicyclic) bond motifs is 7. The Morgan fingerprint density at radius 3 is 2.72 bits per heavy atom. The van der Waals surface area contributed by atoms with E-state index in [0.717, 1.165) is 12.2 Å². The van der Waals surface area contributed by atoms with Gasteiger partial charge in [-0.3, -0.25) is 4.98 Å². The van der Waals surface area contributed by atoms with E-state index in [1.54, 1.807) is 0 Å². The first-order chi connectivity index (χ1) is 12.4. The summed E-state index contributed by atoms with van der Waals surface area (Å²) in [5.74, 6) is 1.21. The molecule has 0 unspecified atom stereocenters. The Labute approximate surface area is 144 Å². The van der Waals surface area contributed by atoms with Gasteiger partial charge in [0.2, 0.25) is 5.82 Å². The van der Waals surface area contributed by atoms with Gasteiger partial charge in [-0.1, -0.05) is 24.3 Å². The minimum absolute atomic E-state index is 0.808. The molecule has 0 radical (unpaired) electrons. The summed E-state index contributed by atoms with van der Waals surface area (Å²) in [6.07, 6.45) is 4.02. The largest absolute Gasteiger partial charge is 0.274 e. The van der Waals surface area contributed by atoms with Gasteiger partial charge in [-0.25, -0.2) is 13.5 Å². The molecule has 5 aromatic rings. The van der Waals surface area contributed by atoms with Crippen LogP contribution < -0.4 is 4.57 Å². The molecular weight excluding hydrogens is 308 g/mol. The van der Waals surface area contributed by atoms with Crippen molar-refractivity contribution in [2.24, 2.45) is 0 Å². The molecule has 0 spiro atoms. The lowest BCUT2D eigenvalue weighted by Crippen LogP contribution is -2.32. The van der Waals surface area contributed by atoms with Crippen molar-refractivity contribution in [2.45, 2.75) is 6.54 Å². The Morgan fingerprint density at radius 2 is 1.80 bits per heavy atom. The Balaban J connectivity index is 1.83. The fourth-order valence-electron chi connectivity index (χ4n) is 4.03. The normalized spacial score (nSPS) is 12.6. The zero-order chi connectivity index (χ0) is 16.4. The highest BCUT2D eigenvalue weighted by atomic mass is 15.2. The Morgan fingerprint density at radius 1 is 0.920 bits per heavy atom. The molecule has 0 bridgehead atoms. The number of rotatable bonds is 1. The molecule has 0 atom stereocenters. The van der Waals surface area contributed by atoms with Crippen LogP contribution in [0.25, 0.3) is 33.8 Å². The van der Waals surface area contributed by atoms with Crippen molar-refractivity contribution >= 4 is 16.7 Å². The highest BCUT2D eigenvalue weighted by molar-refractivity contribution is 5.84. The molecule has 1 aliphatic heterocycles. The highest BCUT2D eigenvalue weighted by Crippen LogP contribution is 2.34. The standard InChI is InChI=1S/C21H15N4/c1-2-7-15(8-3-1)25-19-13-16-9-4-5-12-23(16)21(19)24-14-18-17(20(24)25)10-6-11-22-18/h1-13H,14H2/q+1. The van der Waals surface area contributed by atoms with Crippen molar-refractivity contribution in [1.82, 2.24) is 14.0 Å². The summed E-state index contributed by atoms with van der Waals surface area (Å²) in [4.78, 5) is 4.61.